The maximum absolute atomic E-state index is 8.53. The minimum Gasteiger partial charge on any atom is -0.394 e. The fraction of sp³-hybridized carbons (Fsp3) is 0.875. The van der Waals surface area contributed by atoms with Crippen molar-refractivity contribution < 1.29 is 9.84 Å². The van der Waals surface area contributed by atoms with E-state index in [4.69, 9.17) is 9.84 Å². The van der Waals surface area contributed by atoms with Crippen LogP contribution in [0.2, 0.25) is 0 Å². The largest absolute Gasteiger partial charge is 0.394 e. The maximum Gasteiger partial charge on any atom is 0.0697 e. The first-order chi connectivity index (χ1) is 8.91. The third-order valence-corrected chi connectivity index (χ3v) is 3.04. The van der Waals surface area contributed by atoms with E-state index >= 15 is 0 Å². The lowest BCUT2D eigenvalue weighted by Gasteiger charge is -2.02. The van der Waals surface area contributed by atoms with Gasteiger partial charge in [0.05, 0.1) is 13.2 Å². The monoisotopic (exact) mass is 256 g/mol. The van der Waals surface area contributed by atoms with Crippen LogP contribution in [0.25, 0.3) is 0 Å². The van der Waals surface area contributed by atoms with Crippen molar-refractivity contribution in [3.63, 3.8) is 0 Å². The Hall–Kier alpha value is -0.340. The zero-order chi connectivity index (χ0) is 13.3. The first-order valence-corrected chi connectivity index (χ1v) is 7.75. The molecule has 0 aromatic carbocycles. The predicted molar refractivity (Wildman–Crippen MR) is 78.9 cm³/mol. The van der Waals surface area contributed by atoms with E-state index in [2.05, 4.69) is 19.1 Å². The Morgan fingerprint density at radius 1 is 0.778 bits per heavy atom. The number of allylic oxidation sites excluding steroid dienone is 2. The van der Waals surface area contributed by atoms with Crippen LogP contribution in [-0.4, -0.2) is 24.9 Å². The standard InChI is InChI=1S/C16H32O2/c1-2-3-4-5-6-7-8-9-10-11-12-13-15-18-16-14-17/h5-6,17H,2-4,7-16H2,1H3/b6-5+. The molecular formula is C16H32O2. The summed E-state index contributed by atoms with van der Waals surface area (Å²) in [5.41, 5.74) is 0. The lowest BCUT2D eigenvalue weighted by Crippen LogP contribution is -2.00. The zero-order valence-electron chi connectivity index (χ0n) is 12.2. The second-order valence-electron chi connectivity index (χ2n) is 4.86. The fourth-order valence-electron chi connectivity index (χ4n) is 1.90. The molecule has 0 heterocycles. The minimum absolute atomic E-state index is 0.145. The van der Waals surface area contributed by atoms with Gasteiger partial charge in [-0.2, -0.15) is 0 Å². The summed E-state index contributed by atoms with van der Waals surface area (Å²) < 4.78 is 5.22. The maximum atomic E-state index is 8.53. The number of unbranched alkanes of at least 4 members (excludes halogenated alkanes) is 8. The summed E-state index contributed by atoms with van der Waals surface area (Å²) in [5, 5.41) is 8.53. The van der Waals surface area contributed by atoms with Gasteiger partial charge in [-0.05, 0) is 25.7 Å². The van der Waals surface area contributed by atoms with E-state index in [1.54, 1.807) is 0 Å². The molecule has 0 spiro atoms. The molecule has 0 atom stereocenters. The highest BCUT2D eigenvalue weighted by Crippen LogP contribution is 2.08. The number of ether oxygens (including phenoxy) is 1. The van der Waals surface area contributed by atoms with Crippen LogP contribution in [0.4, 0.5) is 0 Å². The molecule has 0 bridgehead atoms. The van der Waals surface area contributed by atoms with Crippen LogP contribution in [0.1, 0.15) is 71.1 Å². The van der Waals surface area contributed by atoms with E-state index in [1.807, 2.05) is 0 Å². The van der Waals surface area contributed by atoms with Crippen LogP contribution in [0.15, 0.2) is 12.2 Å². The third-order valence-electron chi connectivity index (χ3n) is 3.04. The number of hydrogen-bond acceptors (Lipinski definition) is 2. The Bertz CT molecular complexity index is 166. The molecule has 0 rings (SSSR count). The van der Waals surface area contributed by atoms with Crippen molar-refractivity contribution in [1.29, 1.82) is 0 Å². The molecule has 0 saturated carbocycles. The second-order valence-corrected chi connectivity index (χ2v) is 4.86. The molecular weight excluding hydrogens is 224 g/mol. The van der Waals surface area contributed by atoms with Crippen molar-refractivity contribution in [2.24, 2.45) is 0 Å². The number of hydrogen-bond donors (Lipinski definition) is 1. The molecule has 18 heavy (non-hydrogen) atoms. The summed E-state index contributed by atoms with van der Waals surface area (Å²) in [6.07, 6.45) is 17.6. The highest BCUT2D eigenvalue weighted by molar-refractivity contribution is 4.81. The fourth-order valence-corrected chi connectivity index (χ4v) is 1.90. The van der Waals surface area contributed by atoms with E-state index in [9.17, 15) is 0 Å². The number of aliphatic hydroxyl groups is 1. The number of aliphatic hydroxyl groups excluding tert-OH is 1. The summed E-state index contributed by atoms with van der Waals surface area (Å²) in [7, 11) is 0. The van der Waals surface area contributed by atoms with Crippen molar-refractivity contribution in [2.75, 3.05) is 19.8 Å². The molecule has 0 aliphatic heterocycles. The first kappa shape index (κ1) is 17.7. The first-order valence-electron chi connectivity index (χ1n) is 7.75. The lowest BCUT2D eigenvalue weighted by molar-refractivity contribution is 0.0895. The van der Waals surface area contributed by atoms with Gasteiger partial charge in [0.15, 0.2) is 0 Å². The smallest absolute Gasteiger partial charge is 0.0697 e. The van der Waals surface area contributed by atoms with E-state index < -0.39 is 0 Å². The van der Waals surface area contributed by atoms with Crippen molar-refractivity contribution in [2.45, 2.75) is 71.1 Å². The van der Waals surface area contributed by atoms with E-state index in [1.165, 1.54) is 57.8 Å². The molecule has 2 nitrogen and oxygen atoms in total. The van der Waals surface area contributed by atoms with Gasteiger partial charge < -0.3 is 9.84 Å². The number of rotatable bonds is 14. The van der Waals surface area contributed by atoms with Gasteiger partial charge in [-0.3, -0.25) is 0 Å². The van der Waals surface area contributed by atoms with Gasteiger partial charge >= 0.3 is 0 Å². The molecule has 108 valence electrons. The SMILES string of the molecule is CCCC/C=C/CCCCCCCCOCCO. The molecule has 2 heteroatoms. The van der Waals surface area contributed by atoms with Crippen LogP contribution < -0.4 is 0 Å². The van der Waals surface area contributed by atoms with Gasteiger partial charge in [0, 0.05) is 6.61 Å². The third kappa shape index (κ3) is 15.7. The molecule has 0 aliphatic carbocycles. The summed E-state index contributed by atoms with van der Waals surface area (Å²) in [4.78, 5) is 0. The van der Waals surface area contributed by atoms with Crippen molar-refractivity contribution >= 4 is 0 Å². The Morgan fingerprint density at radius 3 is 2.06 bits per heavy atom. The molecule has 0 fully saturated rings. The van der Waals surface area contributed by atoms with Crippen LogP contribution in [0.3, 0.4) is 0 Å². The molecule has 0 radical (unpaired) electrons. The molecule has 1 N–H and O–H groups in total. The topological polar surface area (TPSA) is 29.5 Å². The van der Waals surface area contributed by atoms with E-state index in [-0.39, 0.29) is 6.61 Å². The van der Waals surface area contributed by atoms with E-state index in [0.717, 1.165) is 13.0 Å². The van der Waals surface area contributed by atoms with Crippen LogP contribution in [0.5, 0.6) is 0 Å². The summed E-state index contributed by atoms with van der Waals surface area (Å²) >= 11 is 0. The second kappa shape index (κ2) is 16.7. The predicted octanol–water partition coefficient (Wildman–Crippen LogP) is 4.47. The van der Waals surface area contributed by atoms with E-state index in [0.29, 0.717) is 6.61 Å². The molecule has 0 aliphatic rings. The quantitative estimate of drug-likeness (QED) is 0.367. The summed E-state index contributed by atoms with van der Waals surface area (Å²) in [6.45, 7) is 3.68. The van der Waals surface area contributed by atoms with Crippen molar-refractivity contribution in [3.8, 4) is 0 Å². The molecule has 0 saturated heterocycles. The van der Waals surface area contributed by atoms with Gasteiger partial charge in [0.1, 0.15) is 0 Å². The molecule has 0 unspecified atom stereocenters. The van der Waals surface area contributed by atoms with Gasteiger partial charge in [-0.1, -0.05) is 57.6 Å². The molecule has 0 aromatic heterocycles. The summed E-state index contributed by atoms with van der Waals surface area (Å²) in [6, 6.07) is 0. The zero-order valence-corrected chi connectivity index (χ0v) is 12.2. The van der Waals surface area contributed by atoms with Gasteiger partial charge in [-0.25, -0.2) is 0 Å². The normalized spacial score (nSPS) is 11.4. The highest BCUT2D eigenvalue weighted by Gasteiger charge is 1.91. The lowest BCUT2D eigenvalue weighted by atomic mass is 10.1. The minimum atomic E-state index is 0.145. The van der Waals surface area contributed by atoms with Crippen LogP contribution >= 0.6 is 0 Å². The van der Waals surface area contributed by atoms with Gasteiger partial charge in [0.2, 0.25) is 0 Å². The Kier molecular flexibility index (Phi) is 16.3. The Labute approximate surface area is 113 Å². The molecule has 0 amide bonds. The average molecular weight is 256 g/mol. The van der Waals surface area contributed by atoms with Gasteiger partial charge in [0.25, 0.3) is 0 Å². The average Bonchev–Trinajstić information content (AvgIpc) is 2.39. The van der Waals surface area contributed by atoms with Crippen LogP contribution in [-0.2, 0) is 4.74 Å². The van der Waals surface area contributed by atoms with Crippen molar-refractivity contribution in [1.82, 2.24) is 0 Å². The van der Waals surface area contributed by atoms with Crippen LogP contribution in [0, 0.1) is 0 Å². The highest BCUT2D eigenvalue weighted by atomic mass is 16.5. The molecule has 0 aromatic rings. The van der Waals surface area contributed by atoms with Crippen molar-refractivity contribution in [3.05, 3.63) is 12.2 Å². The summed E-state index contributed by atoms with van der Waals surface area (Å²) in [5.74, 6) is 0. The Balaban J connectivity index is 2.96. The van der Waals surface area contributed by atoms with Gasteiger partial charge in [-0.15, -0.1) is 0 Å². The Morgan fingerprint density at radius 2 is 1.39 bits per heavy atom.